The maximum atomic E-state index is 13.2. The summed E-state index contributed by atoms with van der Waals surface area (Å²) in [5.41, 5.74) is 1.11. The molecule has 0 spiro atoms. The van der Waals surface area contributed by atoms with Crippen molar-refractivity contribution in [3.63, 3.8) is 0 Å². The van der Waals surface area contributed by atoms with Crippen LogP contribution in [0.4, 0.5) is 10.8 Å². The van der Waals surface area contributed by atoms with Crippen molar-refractivity contribution in [3.05, 3.63) is 63.2 Å². The lowest BCUT2D eigenvalue weighted by molar-refractivity contribution is -0.384. The van der Waals surface area contributed by atoms with Crippen molar-refractivity contribution in [2.24, 2.45) is 0 Å². The first-order valence-corrected chi connectivity index (χ1v) is 10.5. The third kappa shape index (κ3) is 4.90. The van der Waals surface area contributed by atoms with E-state index in [2.05, 4.69) is 23.7 Å². The number of anilines is 1. The average Bonchev–Trinajstić information content (AvgIpc) is 3.13. The molecule has 0 fully saturated rings. The summed E-state index contributed by atoms with van der Waals surface area (Å²) in [7, 11) is 0. The molecular formula is C20H21ClN4O3S. The van der Waals surface area contributed by atoms with E-state index >= 15 is 0 Å². The standard InChI is InChI=1S/C20H21ClN4O3S/c1-3-23(4-2)11-12-24(19(26)14-5-8-16(9-6-14)25(27)28)20-22-17-10-7-15(21)13-18(17)29-20/h5-10,13H,3-4,11-12H2,1-2H3. The fraction of sp³-hybridized carbons (Fsp3) is 0.300. The summed E-state index contributed by atoms with van der Waals surface area (Å²) in [6.45, 7) is 7.07. The number of aromatic nitrogens is 1. The van der Waals surface area contributed by atoms with Crippen molar-refractivity contribution in [2.75, 3.05) is 31.1 Å². The Hall–Kier alpha value is -2.55. The van der Waals surface area contributed by atoms with Gasteiger partial charge in [-0.1, -0.05) is 36.8 Å². The topological polar surface area (TPSA) is 79.6 Å². The zero-order valence-corrected chi connectivity index (χ0v) is 17.7. The van der Waals surface area contributed by atoms with Crippen LogP contribution in [0.2, 0.25) is 5.02 Å². The molecule has 0 aliphatic heterocycles. The van der Waals surface area contributed by atoms with Crippen molar-refractivity contribution < 1.29 is 9.72 Å². The first-order chi connectivity index (χ1) is 13.9. The third-order valence-electron chi connectivity index (χ3n) is 4.67. The first kappa shape index (κ1) is 21.2. The molecule has 0 aliphatic carbocycles. The Morgan fingerprint density at radius 2 is 1.83 bits per heavy atom. The first-order valence-electron chi connectivity index (χ1n) is 9.27. The monoisotopic (exact) mass is 432 g/mol. The van der Waals surface area contributed by atoms with E-state index in [1.807, 2.05) is 12.1 Å². The molecule has 152 valence electrons. The van der Waals surface area contributed by atoms with Gasteiger partial charge in [0.05, 0.1) is 15.1 Å². The zero-order valence-electron chi connectivity index (χ0n) is 16.2. The molecule has 1 aromatic heterocycles. The van der Waals surface area contributed by atoms with Crippen LogP contribution in [0.3, 0.4) is 0 Å². The van der Waals surface area contributed by atoms with Gasteiger partial charge in [0.25, 0.3) is 11.6 Å². The lowest BCUT2D eigenvalue weighted by Crippen LogP contribution is -2.38. The SMILES string of the molecule is CCN(CC)CCN(C(=O)c1ccc([N+](=O)[O-])cc1)c1nc2ccc(Cl)cc2s1. The molecule has 0 N–H and O–H groups in total. The molecule has 0 radical (unpaired) electrons. The molecule has 0 aliphatic rings. The van der Waals surface area contributed by atoms with Crippen LogP contribution in [0.25, 0.3) is 10.2 Å². The minimum atomic E-state index is -0.482. The van der Waals surface area contributed by atoms with Gasteiger partial charge in [-0.2, -0.15) is 0 Å². The second-order valence-corrected chi connectivity index (χ2v) is 7.84. The quantitative estimate of drug-likeness (QED) is 0.375. The van der Waals surface area contributed by atoms with E-state index in [0.717, 1.165) is 23.3 Å². The van der Waals surface area contributed by atoms with Crippen molar-refractivity contribution in [2.45, 2.75) is 13.8 Å². The van der Waals surface area contributed by atoms with Crippen LogP contribution in [0.1, 0.15) is 24.2 Å². The number of hydrogen-bond donors (Lipinski definition) is 0. The van der Waals surface area contributed by atoms with E-state index in [4.69, 9.17) is 11.6 Å². The highest BCUT2D eigenvalue weighted by atomic mass is 35.5. The summed E-state index contributed by atoms with van der Waals surface area (Å²) >= 11 is 7.48. The molecule has 0 saturated carbocycles. The molecule has 2 aromatic carbocycles. The number of likely N-dealkylation sites (N-methyl/N-ethyl adjacent to an activating group) is 1. The number of nitro benzene ring substituents is 1. The van der Waals surface area contributed by atoms with Gasteiger partial charge in [0.2, 0.25) is 0 Å². The van der Waals surface area contributed by atoms with Gasteiger partial charge in [-0.15, -0.1) is 0 Å². The number of hydrogen-bond acceptors (Lipinski definition) is 6. The van der Waals surface area contributed by atoms with E-state index in [1.165, 1.54) is 35.6 Å². The van der Waals surface area contributed by atoms with E-state index < -0.39 is 4.92 Å². The van der Waals surface area contributed by atoms with Gasteiger partial charge in [-0.3, -0.25) is 19.8 Å². The molecule has 3 aromatic rings. The maximum Gasteiger partial charge on any atom is 0.269 e. The van der Waals surface area contributed by atoms with E-state index in [0.29, 0.717) is 28.8 Å². The fourth-order valence-electron chi connectivity index (χ4n) is 2.95. The van der Waals surface area contributed by atoms with Gasteiger partial charge in [0.1, 0.15) is 0 Å². The summed E-state index contributed by atoms with van der Waals surface area (Å²) < 4.78 is 0.900. The number of rotatable bonds is 8. The van der Waals surface area contributed by atoms with Gasteiger partial charge in [-0.25, -0.2) is 4.98 Å². The Bertz CT molecular complexity index is 1020. The van der Waals surface area contributed by atoms with Crippen LogP contribution in [0.5, 0.6) is 0 Å². The number of carbonyl (C=O) groups is 1. The van der Waals surface area contributed by atoms with Gasteiger partial charge in [0, 0.05) is 35.8 Å². The van der Waals surface area contributed by atoms with Crippen molar-refractivity contribution in [3.8, 4) is 0 Å². The second-order valence-electron chi connectivity index (χ2n) is 6.40. The number of non-ortho nitro benzene ring substituents is 1. The Labute approximate surface area is 177 Å². The van der Waals surface area contributed by atoms with Crippen LogP contribution < -0.4 is 4.90 Å². The van der Waals surface area contributed by atoms with Gasteiger partial charge >= 0.3 is 0 Å². The lowest BCUT2D eigenvalue weighted by Gasteiger charge is -2.24. The molecule has 1 amide bonds. The Kier molecular flexibility index (Phi) is 6.79. The predicted molar refractivity (Wildman–Crippen MR) is 117 cm³/mol. The molecule has 29 heavy (non-hydrogen) atoms. The molecule has 9 heteroatoms. The molecule has 0 atom stereocenters. The molecule has 1 heterocycles. The number of halogens is 1. The van der Waals surface area contributed by atoms with Crippen molar-refractivity contribution >= 4 is 49.9 Å². The van der Waals surface area contributed by atoms with E-state index in [9.17, 15) is 14.9 Å². The zero-order chi connectivity index (χ0) is 21.0. The summed E-state index contributed by atoms with van der Waals surface area (Å²) in [6, 6.07) is 11.1. The van der Waals surface area contributed by atoms with Crippen molar-refractivity contribution in [1.82, 2.24) is 9.88 Å². The molecule has 0 unspecified atom stereocenters. The largest absolute Gasteiger partial charge is 0.302 e. The molecule has 0 saturated heterocycles. The maximum absolute atomic E-state index is 13.2. The number of carbonyl (C=O) groups excluding carboxylic acids is 1. The number of nitrogens with zero attached hydrogens (tertiary/aromatic N) is 4. The van der Waals surface area contributed by atoms with Crippen LogP contribution in [0.15, 0.2) is 42.5 Å². The van der Waals surface area contributed by atoms with E-state index in [1.54, 1.807) is 11.0 Å². The summed E-state index contributed by atoms with van der Waals surface area (Å²) in [5, 5.41) is 12.1. The van der Waals surface area contributed by atoms with Crippen molar-refractivity contribution in [1.29, 1.82) is 0 Å². The van der Waals surface area contributed by atoms with Crippen LogP contribution in [-0.2, 0) is 0 Å². The van der Waals surface area contributed by atoms with Crippen LogP contribution >= 0.6 is 22.9 Å². The summed E-state index contributed by atoms with van der Waals surface area (Å²) in [5.74, 6) is -0.239. The Morgan fingerprint density at radius 1 is 1.14 bits per heavy atom. The molecule has 0 bridgehead atoms. The van der Waals surface area contributed by atoms with E-state index in [-0.39, 0.29) is 11.6 Å². The number of thiazole rings is 1. The molecular weight excluding hydrogens is 412 g/mol. The normalized spacial score (nSPS) is 11.2. The Balaban J connectivity index is 1.94. The fourth-order valence-corrected chi connectivity index (χ4v) is 4.21. The van der Waals surface area contributed by atoms with Gasteiger partial charge in [0.15, 0.2) is 5.13 Å². The number of fused-ring (bicyclic) bond motifs is 1. The smallest absolute Gasteiger partial charge is 0.269 e. The minimum absolute atomic E-state index is 0.0501. The van der Waals surface area contributed by atoms with Crippen LogP contribution in [-0.4, -0.2) is 46.9 Å². The molecule has 3 rings (SSSR count). The minimum Gasteiger partial charge on any atom is -0.302 e. The predicted octanol–water partition coefficient (Wildman–Crippen LogP) is 4.85. The lowest BCUT2D eigenvalue weighted by atomic mass is 10.2. The summed E-state index contributed by atoms with van der Waals surface area (Å²) in [6.07, 6.45) is 0. The average molecular weight is 433 g/mol. The highest BCUT2D eigenvalue weighted by Crippen LogP contribution is 2.31. The number of nitro groups is 1. The number of amides is 1. The van der Waals surface area contributed by atoms with Gasteiger partial charge < -0.3 is 4.90 Å². The van der Waals surface area contributed by atoms with Crippen LogP contribution in [0, 0.1) is 10.1 Å². The van der Waals surface area contributed by atoms with Gasteiger partial charge in [-0.05, 0) is 43.4 Å². The highest BCUT2D eigenvalue weighted by Gasteiger charge is 2.22. The summed E-state index contributed by atoms with van der Waals surface area (Å²) in [4.78, 5) is 32.1. The highest BCUT2D eigenvalue weighted by molar-refractivity contribution is 7.22. The molecule has 7 nitrogen and oxygen atoms in total. The second kappa shape index (κ2) is 9.30. The Morgan fingerprint density at radius 3 is 2.45 bits per heavy atom. The number of benzene rings is 2. The third-order valence-corrected chi connectivity index (χ3v) is 5.95.